The first-order chi connectivity index (χ1) is 14.8. The Morgan fingerprint density at radius 3 is 2.23 bits per heavy atom. The van der Waals surface area contributed by atoms with Gasteiger partial charge >= 0.3 is 5.97 Å². The topological polar surface area (TPSA) is 96.0 Å². The van der Waals surface area contributed by atoms with Crippen molar-refractivity contribution in [2.75, 3.05) is 26.0 Å². The van der Waals surface area contributed by atoms with Crippen molar-refractivity contribution in [3.8, 4) is 0 Å². The van der Waals surface area contributed by atoms with Crippen molar-refractivity contribution in [2.45, 2.75) is 37.2 Å². The maximum atomic E-state index is 13.0. The predicted octanol–water partition coefficient (Wildman–Crippen LogP) is 4.11. The molecule has 0 fully saturated rings. The number of rotatable bonds is 12. The Balaban J connectivity index is 2.49. The quantitative estimate of drug-likeness (QED) is 0.264. The summed E-state index contributed by atoms with van der Waals surface area (Å²) in [6.45, 7) is 5.02. The van der Waals surface area contributed by atoms with Crippen LogP contribution in [0.5, 0.6) is 0 Å². The fourth-order valence-corrected chi connectivity index (χ4v) is 4.80. The highest BCUT2D eigenvalue weighted by Crippen LogP contribution is 2.37. The van der Waals surface area contributed by atoms with Gasteiger partial charge in [-0.1, -0.05) is 48.0 Å². The van der Waals surface area contributed by atoms with Crippen LogP contribution < -0.4 is 0 Å². The third-order valence-electron chi connectivity index (χ3n) is 4.79. The van der Waals surface area contributed by atoms with Crippen molar-refractivity contribution >= 4 is 24.5 Å². The molecule has 0 amide bonds. The summed E-state index contributed by atoms with van der Waals surface area (Å²) in [4.78, 5) is 13.0. The van der Waals surface area contributed by atoms with Gasteiger partial charge in [0.15, 0.2) is 14.1 Å². The molecule has 7 nitrogen and oxygen atoms in total. The summed E-state index contributed by atoms with van der Waals surface area (Å²) in [5.74, 6) is -1.60. The second-order valence-corrected chi connectivity index (χ2v) is 9.03. The molecule has 0 spiro atoms. The van der Waals surface area contributed by atoms with Gasteiger partial charge < -0.3 is 9.47 Å². The first-order valence-electron chi connectivity index (χ1n) is 9.92. The minimum absolute atomic E-state index is 0.00464. The molecule has 168 valence electrons. The van der Waals surface area contributed by atoms with E-state index in [9.17, 15) is 17.8 Å². The highest BCUT2D eigenvalue weighted by Gasteiger charge is 2.50. The Labute approximate surface area is 185 Å². The zero-order chi connectivity index (χ0) is 22.9. The molecule has 0 radical (unpaired) electrons. The molecule has 9 heteroatoms. The van der Waals surface area contributed by atoms with Crippen molar-refractivity contribution in [1.29, 1.82) is 0 Å². The van der Waals surface area contributed by atoms with Gasteiger partial charge in [-0.25, -0.2) is 4.79 Å². The van der Waals surface area contributed by atoms with E-state index in [-0.39, 0.29) is 32.7 Å². The minimum atomic E-state index is -4.10. The van der Waals surface area contributed by atoms with Crippen LogP contribution in [0.3, 0.4) is 0 Å². The highest BCUT2D eigenvalue weighted by atomic mass is 32.2. The zero-order valence-electron chi connectivity index (χ0n) is 17.8. The van der Waals surface area contributed by atoms with Crippen molar-refractivity contribution in [3.63, 3.8) is 0 Å². The Morgan fingerprint density at radius 1 is 1.03 bits per heavy atom. The molecule has 0 aromatic heterocycles. The minimum Gasteiger partial charge on any atom is -0.464 e. The van der Waals surface area contributed by atoms with Gasteiger partial charge in [0.05, 0.1) is 24.3 Å². The first-order valence-corrected chi connectivity index (χ1v) is 12.3. The molecular formula is C22H27O7PS. The molecule has 0 saturated carbocycles. The van der Waals surface area contributed by atoms with Gasteiger partial charge in [0.1, 0.15) is 0 Å². The van der Waals surface area contributed by atoms with Gasteiger partial charge in [0.2, 0.25) is 0 Å². The van der Waals surface area contributed by atoms with Gasteiger partial charge in [-0.3, -0.25) is 8.75 Å². The molecule has 2 atom stereocenters. The summed E-state index contributed by atoms with van der Waals surface area (Å²) in [5.41, 5.74) is -0.168. The fourth-order valence-electron chi connectivity index (χ4n) is 3.24. The number of ether oxygens (including phenoxy) is 2. The zero-order valence-corrected chi connectivity index (χ0v) is 19.5. The first kappa shape index (κ1) is 25.1. The number of hydrogen-bond acceptors (Lipinski definition) is 7. The van der Waals surface area contributed by atoms with Crippen molar-refractivity contribution in [2.24, 2.45) is 0 Å². The molecule has 0 aliphatic rings. The molecule has 2 rings (SSSR count). The van der Waals surface area contributed by atoms with E-state index in [0.717, 1.165) is 5.56 Å². The molecule has 2 unspecified atom stereocenters. The van der Waals surface area contributed by atoms with Crippen molar-refractivity contribution in [3.05, 3.63) is 65.7 Å². The van der Waals surface area contributed by atoms with Crippen LogP contribution in [0, 0.1) is 6.92 Å². The number of hydrogen-bond donors (Lipinski definition) is 0. The standard InChI is InChI=1S/C22H27O7PS/c1-4-27-21(23)22(16-30-24,28-5-2)20(18-9-7-6-8-10-18)15-29-31(25,26)19-13-11-17(3)12-14-19/h6-14,20H,4-5,15-16H2,1-3H3. The van der Waals surface area contributed by atoms with Crippen LogP contribution in [-0.4, -0.2) is 46.0 Å². The second kappa shape index (κ2) is 11.5. The van der Waals surface area contributed by atoms with E-state index < -0.39 is 34.2 Å². The predicted molar refractivity (Wildman–Crippen MR) is 117 cm³/mol. The summed E-state index contributed by atoms with van der Waals surface area (Å²) >= 11 is 0. The molecule has 0 bridgehead atoms. The molecule has 31 heavy (non-hydrogen) atoms. The average molecular weight is 466 g/mol. The maximum absolute atomic E-state index is 13.0. The number of carbonyl (C=O) groups excluding carboxylic acids is 1. The van der Waals surface area contributed by atoms with Gasteiger partial charge in [0, 0.05) is 12.5 Å². The molecule has 2 aromatic rings. The van der Waals surface area contributed by atoms with Gasteiger partial charge in [-0.05, 0) is 38.5 Å². The molecule has 0 heterocycles. The van der Waals surface area contributed by atoms with Crippen LogP contribution in [-0.2, 0) is 33.1 Å². The Morgan fingerprint density at radius 2 is 1.68 bits per heavy atom. The molecular weight excluding hydrogens is 439 g/mol. The van der Waals surface area contributed by atoms with Gasteiger partial charge in [-0.15, -0.1) is 0 Å². The normalized spacial score (nSPS) is 14.7. The van der Waals surface area contributed by atoms with Crippen LogP contribution in [0.4, 0.5) is 0 Å². The van der Waals surface area contributed by atoms with Crippen LogP contribution in [0.15, 0.2) is 59.5 Å². The summed E-state index contributed by atoms with van der Waals surface area (Å²) in [6.07, 6.45) is -0.215. The maximum Gasteiger partial charge on any atom is 0.339 e. The third-order valence-corrected chi connectivity index (χ3v) is 6.68. The van der Waals surface area contributed by atoms with Crippen LogP contribution in [0.2, 0.25) is 0 Å². The van der Waals surface area contributed by atoms with E-state index in [1.165, 1.54) is 12.1 Å². The van der Waals surface area contributed by atoms with E-state index >= 15 is 0 Å². The highest BCUT2D eigenvalue weighted by molar-refractivity contribution is 7.86. The molecule has 0 aliphatic heterocycles. The van der Waals surface area contributed by atoms with E-state index in [1.807, 2.05) is 6.92 Å². The third kappa shape index (κ3) is 6.20. The van der Waals surface area contributed by atoms with E-state index in [4.69, 9.17) is 13.7 Å². The second-order valence-electron chi connectivity index (χ2n) is 6.85. The lowest BCUT2D eigenvalue weighted by Crippen LogP contribution is -2.51. The number of benzene rings is 2. The van der Waals surface area contributed by atoms with E-state index in [1.54, 1.807) is 56.3 Å². The Bertz CT molecular complexity index is 961. The van der Waals surface area contributed by atoms with E-state index in [0.29, 0.717) is 5.56 Å². The van der Waals surface area contributed by atoms with Crippen molar-refractivity contribution in [1.82, 2.24) is 0 Å². The summed E-state index contributed by atoms with van der Waals surface area (Å²) in [7, 11) is -4.44. The lowest BCUT2D eigenvalue weighted by atomic mass is 9.83. The Kier molecular flexibility index (Phi) is 9.32. The summed E-state index contributed by atoms with van der Waals surface area (Å²) in [5, 5.41) is 0. The van der Waals surface area contributed by atoms with E-state index in [2.05, 4.69) is 0 Å². The molecule has 0 saturated heterocycles. The van der Waals surface area contributed by atoms with Gasteiger partial charge in [-0.2, -0.15) is 8.42 Å². The lowest BCUT2D eigenvalue weighted by molar-refractivity contribution is -0.173. The van der Waals surface area contributed by atoms with Crippen LogP contribution >= 0.6 is 8.46 Å². The number of aryl methyl sites for hydroxylation is 1. The number of carbonyl (C=O) groups is 1. The van der Waals surface area contributed by atoms with Crippen molar-refractivity contribution < 1.29 is 31.4 Å². The summed E-state index contributed by atoms with van der Waals surface area (Å²) in [6, 6.07) is 15.0. The average Bonchev–Trinajstić information content (AvgIpc) is 2.75. The SMILES string of the molecule is CCOC(=O)C(CP=O)(OCC)C(COS(=O)(=O)c1ccc(C)cc1)c1ccccc1. The molecule has 2 aromatic carbocycles. The molecule has 0 N–H and O–H groups in total. The van der Waals surface area contributed by atoms with Gasteiger partial charge in [0.25, 0.3) is 10.1 Å². The monoisotopic (exact) mass is 466 g/mol. The lowest BCUT2D eigenvalue weighted by Gasteiger charge is -2.36. The van der Waals surface area contributed by atoms with Crippen LogP contribution in [0.25, 0.3) is 0 Å². The number of esters is 1. The molecule has 0 aliphatic carbocycles. The van der Waals surface area contributed by atoms with Crippen LogP contribution in [0.1, 0.15) is 30.9 Å². The summed E-state index contributed by atoms with van der Waals surface area (Å²) < 4.78 is 53.6. The fraction of sp³-hybridized carbons (Fsp3) is 0.409. The smallest absolute Gasteiger partial charge is 0.339 e. The largest absolute Gasteiger partial charge is 0.464 e. The Hall–Kier alpha value is -2.12.